The maximum absolute atomic E-state index is 12.5. The van der Waals surface area contributed by atoms with Crippen molar-refractivity contribution in [2.45, 2.75) is 6.92 Å². The maximum atomic E-state index is 12.5. The zero-order chi connectivity index (χ0) is 16.2. The number of carbonyl (C=O) groups excluding carboxylic acids is 1. The van der Waals surface area contributed by atoms with Gasteiger partial charge in [0.2, 0.25) is 0 Å². The van der Waals surface area contributed by atoms with Crippen molar-refractivity contribution >= 4 is 11.6 Å². The topological polar surface area (TPSA) is 50.6 Å². The van der Waals surface area contributed by atoms with E-state index in [1.165, 1.54) is 0 Å². The van der Waals surface area contributed by atoms with Gasteiger partial charge in [0.05, 0.1) is 24.1 Å². The fourth-order valence-corrected chi connectivity index (χ4v) is 2.86. The van der Waals surface area contributed by atoms with Gasteiger partial charge in [-0.05, 0) is 19.1 Å². The maximum Gasteiger partial charge on any atom is 0.257 e. The third-order valence-corrected chi connectivity index (χ3v) is 4.02. The predicted molar refractivity (Wildman–Crippen MR) is 88.9 cm³/mol. The Hall–Kier alpha value is -2.50. The number of anilines is 1. The van der Waals surface area contributed by atoms with Crippen molar-refractivity contribution in [1.29, 1.82) is 0 Å². The summed E-state index contributed by atoms with van der Waals surface area (Å²) in [5.41, 5.74) is 1.75. The molecule has 0 atom stereocenters. The monoisotopic (exact) mass is 314 g/mol. The van der Waals surface area contributed by atoms with Crippen LogP contribution in [0.4, 0.5) is 5.69 Å². The average molecular weight is 314 g/mol. The van der Waals surface area contributed by atoms with Gasteiger partial charge in [0.25, 0.3) is 5.91 Å². The average Bonchev–Trinajstić information content (AvgIpc) is 3.02. The van der Waals surface area contributed by atoms with Crippen molar-refractivity contribution in [3.63, 3.8) is 0 Å². The minimum Gasteiger partial charge on any atom is -0.492 e. The van der Waals surface area contributed by atoms with Crippen molar-refractivity contribution in [3.05, 3.63) is 42.2 Å². The Kier molecular flexibility index (Phi) is 4.50. The van der Waals surface area contributed by atoms with Gasteiger partial charge in [0.1, 0.15) is 5.75 Å². The first-order valence-electron chi connectivity index (χ1n) is 7.93. The highest BCUT2D eigenvalue weighted by Gasteiger charge is 2.24. The molecule has 6 heteroatoms. The summed E-state index contributed by atoms with van der Waals surface area (Å²) in [7, 11) is 1.82. The van der Waals surface area contributed by atoms with Crippen LogP contribution in [-0.2, 0) is 7.05 Å². The highest BCUT2D eigenvalue weighted by molar-refractivity contribution is 5.93. The van der Waals surface area contributed by atoms with Crippen LogP contribution in [0.3, 0.4) is 0 Å². The molecule has 0 spiro atoms. The molecule has 2 heterocycles. The van der Waals surface area contributed by atoms with Gasteiger partial charge in [-0.1, -0.05) is 12.1 Å². The minimum atomic E-state index is 0.0517. The zero-order valence-corrected chi connectivity index (χ0v) is 13.6. The van der Waals surface area contributed by atoms with Crippen LogP contribution in [0, 0.1) is 0 Å². The molecular formula is C17H22N4O2. The molecule has 1 amide bonds. The summed E-state index contributed by atoms with van der Waals surface area (Å²) in [6, 6.07) is 8.07. The lowest BCUT2D eigenvalue weighted by Crippen LogP contribution is -2.48. The van der Waals surface area contributed by atoms with Crippen molar-refractivity contribution in [3.8, 4) is 5.75 Å². The van der Waals surface area contributed by atoms with Crippen LogP contribution >= 0.6 is 0 Å². The lowest BCUT2D eigenvalue weighted by atomic mass is 10.2. The van der Waals surface area contributed by atoms with Gasteiger partial charge in [-0.15, -0.1) is 0 Å². The fourth-order valence-electron chi connectivity index (χ4n) is 2.86. The summed E-state index contributed by atoms with van der Waals surface area (Å²) in [6.45, 7) is 5.65. The minimum absolute atomic E-state index is 0.0517. The summed E-state index contributed by atoms with van der Waals surface area (Å²) in [4.78, 5) is 16.6. The molecule has 0 N–H and O–H groups in total. The smallest absolute Gasteiger partial charge is 0.257 e. The van der Waals surface area contributed by atoms with Gasteiger partial charge >= 0.3 is 0 Å². The predicted octanol–water partition coefficient (Wildman–Crippen LogP) is 1.78. The van der Waals surface area contributed by atoms with E-state index in [2.05, 4.69) is 16.1 Å². The molecule has 122 valence electrons. The van der Waals surface area contributed by atoms with Crippen molar-refractivity contribution in [2.24, 2.45) is 7.05 Å². The van der Waals surface area contributed by atoms with E-state index >= 15 is 0 Å². The quantitative estimate of drug-likeness (QED) is 0.863. The number of piperazine rings is 1. The number of nitrogens with zero attached hydrogens (tertiary/aromatic N) is 4. The Bertz CT molecular complexity index is 675. The van der Waals surface area contributed by atoms with E-state index in [0.717, 1.165) is 24.5 Å². The molecule has 23 heavy (non-hydrogen) atoms. The Balaban J connectivity index is 1.66. The van der Waals surface area contributed by atoms with Crippen LogP contribution in [0.2, 0.25) is 0 Å². The number of ether oxygens (including phenoxy) is 1. The van der Waals surface area contributed by atoms with E-state index in [0.29, 0.717) is 25.3 Å². The number of hydrogen-bond donors (Lipinski definition) is 0. The van der Waals surface area contributed by atoms with Crippen molar-refractivity contribution < 1.29 is 9.53 Å². The Morgan fingerprint density at radius 2 is 1.96 bits per heavy atom. The van der Waals surface area contributed by atoms with E-state index in [4.69, 9.17) is 4.74 Å². The second kappa shape index (κ2) is 6.73. The summed E-state index contributed by atoms with van der Waals surface area (Å²) in [5, 5.41) is 4.07. The molecule has 1 aliphatic rings. The molecule has 2 aromatic rings. The summed E-state index contributed by atoms with van der Waals surface area (Å²) in [6.07, 6.45) is 3.39. The molecule has 0 radical (unpaired) electrons. The molecule has 6 nitrogen and oxygen atoms in total. The lowest BCUT2D eigenvalue weighted by Gasteiger charge is -2.36. The standard InChI is InChI=1S/C17H22N4O2/c1-3-23-16-7-5-4-6-15(16)20-8-10-21(11-9-20)17(22)14-12-18-19(2)13-14/h4-7,12-13H,3,8-11H2,1-2H3. The Labute approximate surface area is 136 Å². The number of carbonyl (C=O) groups is 1. The van der Waals surface area contributed by atoms with Crippen molar-refractivity contribution in [2.75, 3.05) is 37.7 Å². The number of aromatic nitrogens is 2. The molecule has 0 saturated carbocycles. The van der Waals surface area contributed by atoms with Crippen molar-refractivity contribution in [1.82, 2.24) is 14.7 Å². The highest BCUT2D eigenvalue weighted by atomic mass is 16.5. The van der Waals surface area contributed by atoms with Crippen LogP contribution in [0.25, 0.3) is 0 Å². The van der Waals surface area contributed by atoms with Gasteiger partial charge in [0.15, 0.2) is 0 Å². The molecule has 1 saturated heterocycles. The summed E-state index contributed by atoms with van der Waals surface area (Å²) < 4.78 is 7.36. The molecule has 0 bridgehead atoms. The van der Waals surface area contributed by atoms with Crippen LogP contribution in [-0.4, -0.2) is 53.4 Å². The first kappa shape index (κ1) is 15.4. The SMILES string of the molecule is CCOc1ccccc1N1CCN(C(=O)c2cnn(C)c2)CC1. The first-order chi connectivity index (χ1) is 11.2. The molecular weight excluding hydrogens is 292 g/mol. The molecule has 0 aliphatic carbocycles. The van der Waals surface area contributed by atoms with E-state index in [1.807, 2.05) is 37.1 Å². The number of para-hydroxylation sites is 2. The van der Waals surface area contributed by atoms with Gasteiger partial charge in [-0.3, -0.25) is 9.48 Å². The summed E-state index contributed by atoms with van der Waals surface area (Å²) >= 11 is 0. The van der Waals surface area contributed by atoms with Gasteiger partial charge in [-0.2, -0.15) is 5.10 Å². The largest absolute Gasteiger partial charge is 0.492 e. The van der Waals surface area contributed by atoms with Crippen LogP contribution in [0.1, 0.15) is 17.3 Å². The van der Waals surface area contributed by atoms with E-state index in [1.54, 1.807) is 17.1 Å². The number of benzene rings is 1. The molecule has 1 aliphatic heterocycles. The molecule has 1 aromatic heterocycles. The lowest BCUT2D eigenvalue weighted by molar-refractivity contribution is 0.0746. The normalized spacial score (nSPS) is 14.9. The molecule has 0 unspecified atom stereocenters. The second-order valence-electron chi connectivity index (χ2n) is 5.58. The fraction of sp³-hybridized carbons (Fsp3) is 0.412. The van der Waals surface area contributed by atoms with Gasteiger partial charge in [-0.25, -0.2) is 0 Å². The van der Waals surface area contributed by atoms with Crippen LogP contribution < -0.4 is 9.64 Å². The first-order valence-corrected chi connectivity index (χ1v) is 7.93. The Morgan fingerprint density at radius 1 is 1.22 bits per heavy atom. The van der Waals surface area contributed by atoms with E-state index in [-0.39, 0.29) is 5.91 Å². The van der Waals surface area contributed by atoms with Gasteiger partial charge in [0, 0.05) is 39.4 Å². The van der Waals surface area contributed by atoms with Crippen LogP contribution in [0.5, 0.6) is 5.75 Å². The van der Waals surface area contributed by atoms with E-state index in [9.17, 15) is 4.79 Å². The number of amides is 1. The molecule has 1 fully saturated rings. The van der Waals surface area contributed by atoms with Crippen LogP contribution in [0.15, 0.2) is 36.7 Å². The summed E-state index contributed by atoms with van der Waals surface area (Å²) in [5.74, 6) is 0.956. The highest BCUT2D eigenvalue weighted by Crippen LogP contribution is 2.28. The van der Waals surface area contributed by atoms with Gasteiger partial charge < -0.3 is 14.5 Å². The Morgan fingerprint density at radius 3 is 2.61 bits per heavy atom. The second-order valence-corrected chi connectivity index (χ2v) is 5.58. The third kappa shape index (κ3) is 3.31. The van der Waals surface area contributed by atoms with E-state index < -0.39 is 0 Å². The third-order valence-electron chi connectivity index (χ3n) is 4.02. The molecule has 1 aromatic carbocycles. The zero-order valence-electron chi connectivity index (χ0n) is 13.6. The number of hydrogen-bond acceptors (Lipinski definition) is 4. The number of aryl methyl sites for hydroxylation is 1. The molecule has 3 rings (SSSR count). The number of rotatable bonds is 4.